The number of methoxy groups -OCH3 is 1. The van der Waals surface area contributed by atoms with Crippen LogP contribution in [0.3, 0.4) is 0 Å². The molecule has 0 fully saturated rings. The second-order valence-electron chi connectivity index (χ2n) is 1.74. The Labute approximate surface area is 75.5 Å². The van der Waals surface area contributed by atoms with E-state index in [0.29, 0.717) is 6.61 Å². The van der Waals surface area contributed by atoms with Crippen LogP contribution in [0, 0.1) is 5.92 Å². The number of hydrogen-bond donors (Lipinski definition) is 1. The molecule has 1 N–H and O–H groups in total. The number of hydrogen-bond acceptors (Lipinski definition) is 2. The SMILES string of the molecule is COCC(C)CO.[Y]. The first-order valence-electron chi connectivity index (χ1n) is 2.41. The molecule has 0 bridgehead atoms. The molecule has 1 radical (unpaired) electrons. The van der Waals surface area contributed by atoms with E-state index in [1.54, 1.807) is 7.11 Å². The minimum Gasteiger partial charge on any atom is -0.396 e. The summed E-state index contributed by atoms with van der Waals surface area (Å²) in [6.07, 6.45) is 0. The van der Waals surface area contributed by atoms with E-state index in [4.69, 9.17) is 9.84 Å². The van der Waals surface area contributed by atoms with Gasteiger partial charge in [-0.15, -0.1) is 0 Å². The van der Waals surface area contributed by atoms with Gasteiger partial charge in [0.05, 0.1) is 6.61 Å². The first kappa shape index (κ1) is 11.8. The van der Waals surface area contributed by atoms with E-state index in [9.17, 15) is 0 Å². The predicted molar refractivity (Wildman–Crippen MR) is 28.1 cm³/mol. The Kier molecular flexibility index (Phi) is 11.8. The van der Waals surface area contributed by atoms with Crippen LogP contribution in [-0.4, -0.2) is 25.4 Å². The third-order valence-electron chi connectivity index (χ3n) is 0.763. The predicted octanol–water partition coefficient (Wildman–Crippen LogP) is 0.259. The topological polar surface area (TPSA) is 29.5 Å². The summed E-state index contributed by atoms with van der Waals surface area (Å²) in [5.74, 6) is 0.282. The van der Waals surface area contributed by atoms with Gasteiger partial charge in [-0.05, 0) is 0 Å². The maximum Gasteiger partial charge on any atom is 0.0509 e. The number of aliphatic hydroxyl groups excluding tert-OH is 1. The van der Waals surface area contributed by atoms with Gasteiger partial charge in [-0.3, -0.25) is 0 Å². The van der Waals surface area contributed by atoms with E-state index in [0.717, 1.165) is 0 Å². The second-order valence-corrected chi connectivity index (χ2v) is 1.74. The van der Waals surface area contributed by atoms with Crippen molar-refractivity contribution in [3.05, 3.63) is 0 Å². The fourth-order valence-corrected chi connectivity index (χ4v) is 0.337. The molecule has 8 heavy (non-hydrogen) atoms. The summed E-state index contributed by atoms with van der Waals surface area (Å²) in [5, 5.41) is 8.39. The van der Waals surface area contributed by atoms with Crippen molar-refractivity contribution in [2.75, 3.05) is 20.3 Å². The molecule has 0 aromatic heterocycles. The van der Waals surface area contributed by atoms with E-state index < -0.39 is 0 Å². The van der Waals surface area contributed by atoms with Gasteiger partial charge in [-0.2, -0.15) is 0 Å². The van der Waals surface area contributed by atoms with Crippen LogP contribution in [0.25, 0.3) is 0 Å². The molecule has 0 heterocycles. The Bertz CT molecular complexity index is 41.4. The number of ether oxygens (including phenoxy) is 1. The quantitative estimate of drug-likeness (QED) is 0.696. The Morgan fingerprint density at radius 3 is 2.25 bits per heavy atom. The maximum absolute atomic E-state index is 8.39. The summed E-state index contributed by atoms with van der Waals surface area (Å²) >= 11 is 0. The third-order valence-corrected chi connectivity index (χ3v) is 0.763. The van der Waals surface area contributed by atoms with Gasteiger partial charge in [0.15, 0.2) is 0 Å². The Morgan fingerprint density at radius 1 is 1.62 bits per heavy atom. The summed E-state index contributed by atoms with van der Waals surface area (Å²) in [6.45, 7) is 2.80. The molecule has 0 saturated carbocycles. The zero-order valence-corrected chi connectivity index (χ0v) is 8.26. The summed E-state index contributed by atoms with van der Waals surface area (Å²) in [4.78, 5) is 0. The van der Waals surface area contributed by atoms with Gasteiger partial charge in [-0.1, -0.05) is 6.92 Å². The van der Waals surface area contributed by atoms with E-state index in [2.05, 4.69) is 0 Å². The van der Waals surface area contributed by atoms with E-state index in [-0.39, 0.29) is 45.2 Å². The summed E-state index contributed by atoms with van der Waals surface area (Å²) < 4.78 is 4.73. The molecule has 0 aliphatic carbocycles. The third kappa shape index (κ3) is 7.02. The van der Waals surface area contributed by atoms with E-state index in [1.165, 1.54) is 0 Å². The molecule has 47 valence electrons. The normalized spacial score (nSPS) is 12.4. The van der Waals surface area contributed by atoms with Gasteiger partial charge in [0.25, 0.3) is 0 Å². The van der Waals surface area contributed by atoms with Gasteiger partial charge < -0.3 is 9.84 Å². The van der Waals surface area contributed by atoms with Crippen LogP contribution in [-0.2, 0) is 37.4 Å². The fourth-order valence-electron chi connectivity index (χ4n) is 0.337. The Morgan fingerprint density at radius 2 is 2.12 bits per heavy atom. The molecule has 0 aromatic carbocycles. The molecule has 0 aliphatic heterocycles. The van der Waals surface area contributed by atoms with Crippen LogP contribution in [0.15, 0.2) is 0 Å². The summed E-state index contributed by atoms with van der Waals surface area (Å²) in [6, 6.07) is 0. The van der Waals surface area contributed by atoms with Gasteiger partial charge in [-0.25, -0.2) is 0 Å². The largest absolute Gasteiger partial charge is 0.396 e. The van der Waals surface area contributed by atoms with E-state index in [1.807, 2.05) is 6.92 Å². The van der Waals surface area contributed by atoms with E-state index >= 15 is 0 Å². The van der Waals surface area contributed by atoms with Crippen molar-refractivity contribution in [2.45, 2.75) is 6.92 Å². The van der Waals surface area contributed by atoms with Gasteiger partial charge >= 0.3 is 0 Å². The molecule has 0 aliphatic rings. The minimum atomic E-state index is 0. The number of rotatable bonds is 3. The molecule has 2 nitrogen and oxygen atoms in total. The van der Waals surface area contributed by atoms with Gasteiger partial charge in [0.2, 0.25) is 0 Å². The summed E-state index contributed by atoms with van der Waals surface area (Å²) in [7, 11) is 1.63. The minimum absolute atomic E-state index is 0. The molecule has 0 rings (SSSR count). The molecule has 1 unspecified atom stereocenters. The van der Waals surface area contributed by atoms with Gasteiger partial charge in [0, 0.05) is 52.3 Å². The van der Waals surface area contributed by atoms with Crippen molar-refractivity contribution >= 4 is 0 Å². The van der Waals surface area contributed by atoms with Crippen LogP contribution >= 0.6 is 0 Å². The van der Waals surface area contributed by atoms with Crippen LogP contribution in [0.2, 0.25) is 0 Å². The van der Waals surface area contributed by atoms with Crippen molar-refractivity contribution in [1.82, 2.24) is 0 Å². The molecule has 0 aromatic rings. The van der Waals surface area contributed by atoms with Crippen molar-refractivity contribution < 1.29 is 42.6 Å². The molecule has 0 amide bonds. The van der Waals surface area contributed by atoms with Crippen molar-refractivity contribution in [2.24, 2.45) is 5.92 Å². The Hall–Kier alpha value is 1.02. The zero-order valence-electron chi connectivity index (χ0n) is 5.42. The zero-order chi connectivity index (χ0) is 5.70. The average Bonchev–Trinajstić information content (AvgIpc) is 1.68. The Balaban J connectivity index is 0. The second kappa shape index (κ2) is 8.02. The average molecular weight is 193 g/mol. The van der Waals surface area contributed by atoms with Crippen molar-refractivity contribution in [3.8, 4) is 0 Å². The fraction of sp³-hybridized carbons (Fsp3) is 1.00. The molecule has 0 saturated heterocycles. The maximum atomic E-state index is 8.39. The van der Waals surface area contributed by atoms with Gasteiger partial charge in [0.1, 0.15) is 0 Å². The van der Waals surface area contributed by atoms with Crippen LogP contribution in [0.1, 0.15) is 6.92 Å². The molecule has 3 heteroatoms. The van der Waals surface area contributed by atoms with Crippen molar-refractivity contribution in [1.29, 1.82) is 0 Å². The first-order chi connectivity index (χ1) is 3.31. The molecule has 1 atom stereocenters. The van der Waals surface area contributed by atoms with Crippen LogP contribution in [0.4, 0.5) is 0 Å². The first-order valence-corrected chi connectivity index (χ1v) is 2.41. The standard InChI is InChI=1S/C5H12O2.Y/c1-5(3-6)4-7-2;/h5-6H,3-4H2,1-2H3;. The molecular weight excluding hydrogens is 181 g/mol. The van der Waals surface area contributed by atoms with Crippen molar-refractivity contribution in [3.63, 3.8) is 0 Å². The number of aliphatic hydroxyl groups is 1. The molecular formula is C5H12O2Y. The summed E-state index contributed by atoms with van der Waals surface area (Å²) in [5.41, 5.74) is 0. The monoisotopic (exact) mass is 193 g/mol. The van der Waals surface area contributed by atoms with Crippen LogP contribution in [0.5, 0.6) is 0 Å². The molecule has 0 spiro atoms. The van der Waals surface area contributed by atoms with Crippen LogP contribution < -0.4 is 0 Å². The smallest absolute Gasteiger partial charge is 0.0509 e.